The molecule has 0 heterocycles. The van der Waals surface area contributed by atoms with Crippen LogP contribution in [0.25, 0.3) is 0 Å². The van der Waals surface area contributed by atoms with Crippen molar-refractivity contribution < 1.29 is 36.5 Å². The van der Waals surface area contributed by atoms with Crippen LogP contribution in [0.2, 0.25) is 0 Å². The van der Waals surface area contributed by atoms with Gasteiger partial charge in [-0.15, -0.1) is 0 Å². The molecule has 4 heteroatoms. The van der Waals surface area contributed by atoms with E-state index in [1.807, 2.05) is 0 Å². The van der Waals surface area contributed by atoms with Crippen molar-refractivity contribution in [3.8, 4) is 0 Å². The topological polar surface area (TPSA) is 0 Å². The van der Waals surface area contributed by atoms with Crippen molar-refractivity contribution >= 4 is 40.4 Å². The number of hydrogen-bond acceptors (Lipinski definition) is 0. The van der Waals surface area contributed by atoms with Crippen molar-refractivity contribution in [2.24, 2.45) is 0 Å². The molecule has 0 fully saturated rings. The Morgan fingerprint density at radius 3 is 1.00 bits per heavy atom. The average Bonchev–Trinajstić information content (AvgIpc) is 0. The Hall–Kier alpha value is 2.44. The smallest absolute Gasteiger partial charge is 0 e. The molecule has 0 bridgehead atoms. The summed E-state index contributed by atoms with van der Waals surface area (Å²) in [5.74, 6) is 0. The minimum atomic E-state index is 0. The Morgan fingerprint density at radius 1 is 1.00 bits per heavy atom. The standard InChI is InChI=1S/Al.Fe.Mg.Zn.2H. The second-order valence-corrected chi connectivity index (χ2v) is 0. The molecule has 0 saturated heterocycles. The fourth-order valence-electron chi connectivity index (χ4n) is 0. The summed E-state index contributed by atoms with van der Waals surface area (Å²) in [6, 6.07) is 0. The fourth-order valence-corrected chi connectivity index (χ4v) is 0. The first-order chi connectivity index (χ1) is 0. The Kier molecular flexibility index (Phi) is 144. The SMILES string of the molecule is [Al].[Fe].[MgH2].[Zn]. The average molecular weight is 175 g/mol. The summed E-state index contributed by atoms with van der Waals surface area (Å²) < 4.78 is 0. The van der Waals surface area contributed by atoms with Crippen LogP contribution in [0.1, 0.15) is 0 Å². The molecule has 0 aromatic heterocycles. The van der Waals surface area contributed by atoms with Gasteiger partial charge in [-0.1, -0.05) is 0 Å². The molecule has 0 nitrogen and oxygen atoms in total. The Balaban J connectivity index is 0. The first kappa shape index (κ1) is 32.0. The molecule has 0 unspecified atom stereocenters. The first-order valence-corrected chi connectivity index (χ1v) is 0. The largest absolute Gasteiger partial charge is 0.316 e. The van der Waals surface area contributed by atoms with E-state index in [4.69, 9.17) is 0 Å². The van der Waals surface area contributed by atoms with E-state index in [9.17, 15) is 0 Å². The van der Waals surface area contributed by atoms with Gasteiger partial charge in [0.25, 0.3) is 0 Å². The summed E-state index contributed by atoms with van der Waals surface area (Å²) in [5, 5.41) is 0. The third kappa shape index (κ3) is 8.82. The van der Waals surface area contributed by atoms with E-state index in [1.54, 1.807) is 0 Å². The van der Waals surface area contributed by atoms with Gasteiger partial charge in [0.15, 0.2) is 0 Å². The zero-order valence-electron chi connectivity index (χ0n) is 1.64. The van der Waals surface area contributed by atoms with Gasteiger partial charge >= 0.3 is 23.1 Å². The molecule has 0 aromatic carbocycles. The van der Waals surface area contributed by atoms with Gasteiger partial charge in [0, 0.05) is 53.9 Å². The van der Waals surface area contributed by atoms with Gasteiger partial charge in [-0.2, -0.15) is 0 Å². The first-order valence-electron chi connectivity index (χ1n) is 0. The summed E-state index contributed by atoms with van der Waals surface area (Å²) >= 11 is 0. The van der Waals surface area contributed by atoms with Crippen LogP contribution in [0.5, 0.6) is 0 Å². The van der Waals surface area contributed by atoms with Gasteiger partial charge in [0.2, 0.25) is 0 Å². The van der Waals surface area contributed by atoms with E-state index in [2.05, 4.69) is 0 Å². The van der Waals surface area contributed by atoms with Crippen molar-refractivity contribution in [1.82, 2.24) is 0 Å². The molecular formula is H2AlFeMgZn. The van der Waals surface area contributed by atoms with Crippen molar-refractivity contribution in [2.45, 2.75) is 0 Å². The zero-order chi connectivity index (χ0) is 0. The molecular weight excluding hydrogens is 173 g/mol. The second kappa shape index (κ2) is 18.0. The van der Waals surface area contributed by atoms with Gasteiger partial charge < -0.3 is 0 Å². The molecule has 17 valence electrons. The third-order valence-electron chi connectivity index (χ3n) is 0. The second-order valence-electron chi connectivity index (χ2n) is 0. The maximum absolute atomic E-state index is 0. The summed E-state index contributed by atoms with van der Waals surface area (Å²) in [6.45, 7) is 0. The van der Waals surface area contributed by atoms with Crippen LogP contribution in [0, 0.1) is 0 Å². The minimum Gasteiger partial charge on any atom is 0 e. The molecule has 0 N–H and O–H groups in total. The van der Waals surface area contributed by atoms with Crippen LogP contribution in [0.3, 0.4) is 0 Å². The van der Waals surface area contributed by atoms with Crippen LogP contribution in [0.15, 0.2) is 0 Å². The van der Waals surface area contributed by atoms with E-state index in [0.717, 1.165) is 0 Å². The zero-order valence-corrected chi connectivity index (χ0v) is 6.86. The van der Waals surface area contributed by atoms with Crippen LogP contribution >= 0.6 is 0 Å². The summed E-state index contributed by atoms with van der Waals surface area (Å²) in [5.41, 5.74) is 0. The van der Waals surface area contributed by atoms with Gasteiger partial charge in [-0.25, -0.2) is 0 Å². The van der Waals surface area contributed by atoms with Crippen LogP contribution in [-0.4, -0.2) is 40.4 Å². The molecule has 0 rings (SSSR count). The molecule has 0 atom stereocenters. The van der Waals surface area contributed by atoms with E-state index in [1.165, 1.54) is 0 Å². The van der Waals surface area contributed by atoms with E-state index in [0.29, 0.717) is 0 Å². The maximum atomic E-state index is 0. The van der Waals surface area contributed by atoms with Crippen molar-refractivity contribution in [3.05, 3.63) is 0 Å². The Labute approximate surface area is 76.0 Å². The molecule has 0 aliphatic rings. The molecule has 4 heavy (non-hydrogen) atoms. The maximum Gasteiger partial charge on any atom is 0.316 e. The molecule has 0 spiro atoms. The van der Waals surface area contributed by atoms with E-state index < -0.39 is 0 Å². The van der Waals surface area contributed by atoms with Crippen LogP contribution in [-0.2, 0) is 36.5 Å². The molecule has 0 aliphatic heterocycles. The fraction of sp³-hybridized carbons (Fsp3) is 0. The van der Waals surface area contributed by atoms with Crippen molar-refractivity contribution in [3.63, 3.8) is 0 Å². The summed E-state index contributed by atoms with van der Waals surface area (Å²) in [6.07, 6.45) is 0. The Bertz CT molecular complexity index is 8.00. The van der Waals surface area contributed by atoms with Gasteiger partial charge in [-0.3, -0.25) is 0 Å². The quantitative estimate of drug-likeness (QED) is 0.401. The number of rotatable bonds is 0. The van der Waals surface area contributed by atoms with E-state index >= 15 is 0 Å². The molecule has 0 aliphatic carbocycles. The van der Waals surface area contributed by atoms with E-state index in [-0.39, 0.29) is 77.0 Å². The molecule has 0 saturated carbocycles. The predicted octanol–water partition coefficient (Wildman–Crippen LogP) is -1.30. The third-order valence-corrected chi connectivity index (χ3v) is 0. The van der Waals surface area contributed by atoms with Crippen molar-refractivity contribution in [1.29, 1.82) is 0 Å². The molecule has 0 amide bonds. The molecule has 0 aromatic rings. The van der Waals surface area contributed by atoms with Crippen molar-refractivity contribution in [2.75, 3.05) is 0 Å². The van der Waals surface area contributed by atoms with Gasteiger partial charge in [-0.05, 0) is 0 Å². The van der Waals surface area contributed by atoms with Gasteiger partial charge in [0.1, 0.15) is 0 Å². The van der Waals surface area contributed by atoms with Crippen LogP contribution < -0.4 is 0 Å². The normalized spacial score (nSPS) is 0. The Morgan fingerprint density at radius 2 is 1.00 bits per heavy atom. The summed E-state index contributed by atoms with van der Waals surface area (Å²) in [4.78, 5) is 0. The monoisotopic (exact) mass is 173 g/mol. The molecule has 3 radical (unpaired) electrons. The number of hydrogen-bond donors (Lipinski definition) is 0. The predicted molar refractivity (Wildman–Crippen MR) is 14.3 cm³/mol. The van der Waals surface area contributed by atoms with Crippen LogP contribution in [0.4, 0.5) is 0 Å². The van der Waals surface area contributed by atoms with Gasteiger partial charge in [0.05, 0.1) is 0 Å². The summed E-state index contributed by atoms with van der Waals surface area (Å²) in [7, 11) is 0. The minimum absolute atomic E-state index is 0.